The van der Waals surface area contributed by atoms with Gasteiger partial charge in [-0.15, -0.1) is 0 Å². The van der Waals surface area contributed by atoms with Crippen molar-refractivity contribution in [2.24, 2.45) is 0 Å². The first-order valence-corrected chi connectivity index (χ1v) is 8.80. The first-order chi connectivity index (χ1) is 13.4. The summed E-state index contributed by atoms with van der Waals surface area (Å²) < 4.78 is 49.5. The third-order valence-corrected chi connectivity index (χ3v) is 4.59. The van der Waals surface area contributed by atoms with Crippen LogP contribution in [0.2, 0.25) is 0 Å². The van der Waals surface area contributed by atoms with E-state index in [0.717, 1.165) is 0 Å². The second kappa shape index (κ2) is 6.81. The fourth-order valence-corrected chi connectivity index (χ4v) is 3.30. The van der Waals surface area contributed by atoms with Crippen LogP contribution in [-0.4, -0.2) is 31.7 Å². The molecule has 6 nitrogen and oxygen atoms in total. The maximum Gasteiger partial charge on any atom is 0.435 e. The van der Waals surface area contributed by atoms with Crippen LogP contribution in [0.1, 0.15) is 35.0 Å². The first kappa shape index (κ1) is 18.3. The summed E-state index contributed by atoms with van der Waals surface area (Å²) in [4.78, 5) is 16.4. The number of ether oxygens (including phenoxy) is 1. The monoisotopic (exact) mass is 390 g/mol. The van der Waals surface area contributed by atoms with Gasteiger partial charge >= 0.3 is 6.18 Å². The lowest BCUT2D eigenvalue weighted by atomic mass is 9.94. The number of fused-ring (bicyclic) bond motifs is 1. The predicted molar refractivity (Wildman–Crippen MR) is 94.1 cm³/mol. The summed E-state index contributed by atoms with van der Waals surface area (Å²) in [6.45, 7) is 2.52. The summed E-state index contributed by atoms with van der Waals surface area (Å²) in [6.07, 6.45) is 1.88. The van der Waals surface area contributed by atoms with Gasteiger partial charge in [-0.2, -0.15) is 18.3 Å². The van der Waals surface area contributed by atoms with Gasteiger partial charge in [-0.05, 0) is 24.6 Å². The van der Waals surface area contributed by atoms with Crippen molar-refractivity contribution in [1.29, 1.82) is 0 Å². The largest absolute Gasteiger partial charge is 0.492 e. The maximum atomic E-state index is 13.6. The van der Waals surface area contributed by atoms with Crippen LogP contribution in [0.5, 0.6) is 5.75 Å². The van der Waals surface area contributed by atoms with Gasteiger partial charge in [0.15, 0.2) is 11.5 Å². The highest BCUT2D eigenvalue weighted by molar-refractivity contribution is 6.02. The maximum absolute atomic E-state index is 13.6. The van der Waals surface area contributed by atoms with E-state index in [9.17, 15) is 18.0 Å². The summed E-state index contributed by atoms with van der Waals surface area (Å²) >= 11 is 0. The quantitative estimate of drug-likeness (QED) is 0.680. The summed E-state index contributed by atoms with van der Waals surface area (Å²) in [6, 6.07) is 3.31. The highest BCUT2D eigenvalue weighted by atomic mass is 19.4. The molecule has 28 heavy (non-hydrogen) atoms. The molecule has 9 heteroatoms. The third-order valence-electron chi connectivity index (χ3n) is 4.59. The fourth-order valence-electron chi connectivity index (χ4n) is 3.30. The molecule has 3 heterocycles. The number of aromatic nitrogens is 4. The minimum atomic E-state index is -4.62. The van der Waals surface area contributed by atoms with Gasteiger partial charge in [0.05, 0.1) is 18.5 Å². The second-order valence-electron chi connectivity index (χ2n) is 6.52. The minimum Gasteiger partial charge on any atom is -0.492 e. The van der Waals surface area contributed by atoms with Gasteiger partial charge in [-0.3, -0.25) is 9.48 Å². The number of imidazole rings is 1. The molecule has 0 spiro atoms. The van der Waals surface area contributed by atoms with Crippen LogP contribution in [0.4, 0.5) is 13.2 Å². The van der Waals surface area contributed by atoms with Crippen LogP contribution in [0.15, 0.2) is 37.1 Å². The molecule has 146 valence electrons. The Bertz CT molecular complexity index is 1020. The average molecular weight is 390 g/mol. The Kier molecular flexibility index (Phi) is 4.44. The Morgan fingerprint density at radius 2 is 2.00 bits per heavy atom. The number of alkyl halides is 3. The molecule has 1 aromatic carbocycles. The van der Waals surface area contributed by atoms with Crippen molar-refractivity contribution in [3.63, 3.8) is 0 Å². The van der Waals surface area contributed by atoms with E-state index in [1.54, 1.807) is 42.3 Å². The molecule has 0 amide bonds. The number of hydrogen-bond donors (Lipinski definition) is 0. The number of carbonyl (C=O) groups is 1. The van der Waals surface area contributed by atoms with Crippen LogP contribution >= 0.6 is 0 Å². The van der Waals surface area contributed by atoms with E-state index in [4.69, 9.17) is 4.74 Å². The Hall–Kier alpha value is -3.10. The van der Waals surface area contributed by atoms with Gasteiger partial charge in [0.25, 0.3) is 0 Å². The van der Waals surface area contributed by atoms with Crippen molar-refractivity contribution < 1.29 is 22.7 Å². The van der Waals surface area contributed by atoms with Gasteiger partial charge in [0, 0.05) is 49.2 Å². The summed E-state index contributed by atoms with van der Waals surface area (Å²) in [5, 5.41) is 3.69. The number of halogens is 3. The molecule has 3 aromatic rings. The predicted octanol–water partition coefficient (Wildman–Crippen LogP) is 3.80. The molecule has 0 saturated heterocycles. The van der Waals surface area contributed by atoms with Gasteiger partial charge in [0.2, 0.25) is 0 Å². The molecule has 0 bridgehead atoms. The van der Waals surface area contributed by atoms with Crippen molar-refractivity contribution in [1.82, 2.24) is 19.3 Å². The molecular formula is C19H17F3N4O2. The molecule has 0 atom stereocenters. The van der Waals surface area contributed by atoms with Gasteiger partial charge in [0.1, 0.15) is 5.75 Å². The molecule has 0 N–H and O–H groups in total. The van der Waals surface area contributed by atoms with Crippen molar-refractivity contribution in [2.75, 3.05) is 6.61 Å². The molecule has 1 aliphatic heterocycles. The Morgan fingerprint density at radius 1 is 1.21 bits per heavy atom. The molecular weight excluding hydrogens is 373 g/mol. The standard InChI is InChI=1S/C19H17F3N4O2/c1-2-26-10-15(18(24-26)19(20,21)22)13-7-12(9-25-5-4-23-11-25)8-14-16(27)3-6-28-17(13)14/h4-5,7-8,10-11H,2-3,6,9H2,1H3. The topological polar surface area (TPSA) is 61.9 Å². The average Bonchev–Trinajstić information content (AvgIpc) is 3.31. The lowest BCUT2D eigenvalue weighted by molar-refractivity contribution is -0.141. The number of ketones is 1. The molecule has 1 aliphatic rings. The summed E-state index contributed by atoms with van der Waals surface area (Å²) in [5.41, 5.74) is 0.137. The normalized spacial score (nSPS) is 14.1. The van der Waals surface area contributed by atoms with E-state index in [1.807, 2.05) is 0 Å². The van der Waals surface area contributed by atoms with Crippen LogP contribution in [-0.2, 0) is 19.3 Å². The molecule has 0 saturated carbocycles. The van der Waals surface area contributed by atoms with Crippen molar-refractivity contribution >= 4 is 5.78 Å². The van der Waals surface area contributed by atoms with E-state index in [0.29, 0.717) is 24.2 Å². The van der Waals surface area contributed by atoms with E-state index in [-0.39, 0.29) is 35.7 Å². The van der Waals surface area contributed by atoms with Crippen LogP contribution in [0.3, 0.4) is 0 Å². The van der Waals surface area contributed by atoms with Crippen LogP contribution < -0.4 is 4.74 Å². The smallest absolute Gasteiger partial charge is 0.435 e. The number of aryl methyl sites for hydroxylation is 1. The van der Waals surface area contributed by atoms with Crippen molar-refractivity contribution in [3.05, 3.63) is 53.9 Å². The van der Waals surface area contributed by atoms with E-state index in [1.165, 1.54) is 10.9 Å². The van der Waals surface area contributed by atoms with E-state index >= 15 is 0 Å². The lowest BCUT2D eigenvalue weighted by Gasteiger charge is -2.21. The van der Waals surface area contributed by atoms with Crippen LogP contribution in [0, 0.1) is 0 Å². The number of hydrogen-bond acceptors (Lipinski definition) is 4. The van der Waals surface area contributed by atoms with Gasteiger partial charge < -0.3 is 9.30 Å². The SMILES string of the molecule is CCn1cc(-c2cc(Cn3ccnc3)cc3c2OCCC3=O)c(C(F)(F)F)n1. The minimum absolute atomic E-state index is 0.0900. The van der Waals surface area contributed by atoms with E-state index in [2.05, 4.69) is 10.1 Å². The number of rotatable bonds is 4. The fraction of sp³-hybridized carbons (Fsp3) is 0.316. The molecule has 0 unspecified atom stereocenters. The molecule has 4 rings (SSSR count). The zero-order valence-corrected chi connectivity index (χ0v) is 15.0. The van der Waals surface area contributed by atoms with Gasteiger partial charge in [-0.1, -0.05) is 0 Å². The summed E-state index contributed by atoms with van der Waals surface area (Å²) in [7, 11) is 0. The Labute approximate surface area is 158 Å². The zero-order valence-electron chi connectivity index (χ0n) is 15.0. The first-order valence-electron chi connectivity index (χ1n) is 8.80. The van der Waals surface area contributed by atoms with Crippen LogP contribution in [0.25, 0.3) is 11.1 Å². The third kappa shape index (κ3) is 3.28. The highest BCUT2D eigenvalue weighted by Crippen LogP contribution is 2.43. The second-order valence-corrected chi connectivity index (χ2v) is 6.52. The Morgan fingerprint density at radius 3 is 2.68 bits per heavy atom. The zero-order chi connectivity index (χ0) is 19.9. The molecule has 0 radical (unpaired) electrons. The highest BCUT2D eigenvalue weighted by Gasteiger charge is 2.39. The Balaban J connectivity index is 1.92. The number of benzene rings is 1. The van der Waals surface area contributed by atoms with Gasteiger partial charge in [-0.25, -0.2) is 4.98 Å². The molecule has 0 aliphatic carbocycles. The number of nitrogens with zero attached hydrogens (tertiary/aromatic N) is 4. The van der Waals surface area contributed by atoms with Crippen molar-refractivity contribution in [2.45, 2.75) is 32.6 Å². The molecule has 2 aromatic heterocycles. The molecule has 0 fully saturated rings. The van der Waals surface area contributed by atoms with Crippen molar-refractivity contribution in [3.8, 4) is 16.9 Å². The van der Waals surface area contributed by atoms with E-state index < -0.39 is 11.9 Å². The lowest BCUT2D eigenvalue weighted by Crippen LogP contribution is -2.17. The number of carbonyl (C=O) groups excluding carboxylic acids is 1. The summed E-state index contributed by atoms with van der Waals surface area (Å²) in [5.74, 6) is 0.0400. The number of Topliss-reactive ketones (excluding diaryl/α,β-unsaturated/α-hetero) is 1.